The number of phenols is 1. The topological polar surface area (TPSA) is 95.7 Å². The zero-order chi connectivity index (χ0) is 21.3. The van der Waals surface area contributed by atoms with E-state index in [0.29, 0.717) is 38.1 Å². The first-order chi connectivity index (χ1) is 15.3. The Hall–Kier alpha value is -2.78. The van der Waals surface area contributed by atoms with Crippen molar-refractivity contribution in [2.45, 2.75) is 25.8 Å². The minimum Gasteiger partial charge on any atom is -0.508 e. The lowest BCUT2D eigenvalue weighted by atomic mass is 10.1. The van der Waals surface area contributed by atoms with Gasteiger partial charge in [0.1, 0.15) is 24.7 Å². The molecule has 0 bridgehead atoms. The molecule has 2 aromatic rings. The third kappa shape index (κ3) is 6.60. The van der Waals surface area contributed by atoms with Crippen LogP contribution in [-0.2, 0) is 11.3 Å². The number of anilines is 1. The van der Waals surface area contributed by atoms with Gasteiger partial charge in [-0.15, -0.1) is 0 Å². The number of azo groups is 1. The highest BCUT2D eigenvalue weighted by Crippen LogP contribution is 2.20. The van der Waals surface area contributed by atoms with Crippen molar-refractivity contribution < 1.29 is 14.6 Å². The van der Waals surface area contributed by atoms with E-state index in [0.717, 1.165) is 44.2 Å². The van der Waals surface area contributed by atoms with E-state index in [4.69, 9.17) is 9.47 Å². The van der Waals surface area contributed by atoms with E-state index in [-0.39, 0.29) is 5.75 Å². The molecule has 0 unspecified atom stereocenters. The second-order valence-corrected chi connectivity index (χ2v) is 7.77. The Labute approximate surface area is 182 Å². The number of hydrogen-bond donors (Lipinski definition) is 1. The minimum atomic E-state index is 0.205. The van der Waals surface area contributed by atoms with Crippen molar-refractivity contribution in [2.75, 3.05) is 57.4 Å². The van der Waals surface area contributed by atoms with Gasteiger partial charge in [0, 0.05) is 25.7 Å². The molecule has 1 aromatic carbocycles. The molecule has 9 nitrogen and oxygen atoms in total. The first-order valence-corrected chi connectivity index (χ1v) is 11.0. The van der Waals surface area contributed by atoms with Crippen molar-refractivity contribution in [3.8, 4) is 11.8 Å². The van der Waals surface area contributed by atoms with Gasteiger partial charge in [0.2, 0.25) is 0 Å². The van der Waals surface area contributed by atoms with Crippen molar-refractivity contribution in [3.63, 3.8) is 0 Å². The molecule has 166 valence electrons. The van der Waals surface area contributed by atoms with Crippen molar-refractivity contribution in [1.82, 2.24) is 14.9 Å². The van der Waals surface area contributed by atoms with Gasteiger partial charge in [-0.3, -0.25) is 4.90 Å². The molecular formula is C22H30N6O3. The molecule has 3 heterocycles. The summed E-state index contributed by atoms with van der Waals surface area (Å²) in [6.45, 7) is 7.01. The number of phenolic OH excluding ortho intramolecular Hbond substituents is 1. The van der Waals surface area contributed by atoms with Crippen molar-refractivity contribution in [2.24, 2.45) is 10.2 Å². The number of aromatic hydroxyl groups is 1. The van der Waals surface area contributed by atoms with Crippen LogP contribution in [-0.4, -0.2) is 72.5 Å². The van der Waals surface area contributed by atoms with E-state index < -0.39 is 0 Å². The van der Waals surface area contributed by atoms with Crippen LogP contribution < -0.4 is 9.64 Å². The molecule has 4 rings (SSSR count). The normalized spacial score (nSPS) is 17.9. The van der Waals surface area contributed by atoms with Gasteiger partial charge in [-0.1, -0.05) is 6.42 Å². The van der Waals surface area contributed by atoms with Crippen LogP contribution in [0.3, 0.4) is 0 Å². The van der Waals surface area contributed by atoms with E-state index in [1.165, 1.54) is 19.3 Å². The lowest BCUT2D eigenvalue weighted by molar-refractivity contribution is 0.122. The van der Waals surface area contributed by atoms with Crippen LogP contribution in [0.15, 0.2) is 40.6 Å². The molecule has 0 atom stereocenters. The molecule has 2 aliphatic heterocycles. The molecule has 1 N–H and O–H groups in total. The van der Waals surface area contributed by atoms with Crippen LogP contribution in [0, 0.1) is 0 Å². The Morgan fingerprint density at radius 3 is 2.55 bits per heavy atom. The Kier molecular flexibility index (Phi) is 7.62. The third-order valence-electron chi connectivity index (χ3n) is 5.44. The van der Waals surface area contributed by atoms with Gasteiger partial charge in [-0.05, 0) is 50.2 Å². The molecule has 0 spiro atoms. The van der Waals surface area contributed by atoms with Crippen LogP contribution in [0.5, 0.6) is 11.8 Å². The summed E-state index contributed by atoms with van der Waals surface area (Å²) in [6, 6.07) is 8.93. The summed E-state index contributed by atoms with van der Waals surface area (Å²) in [5.74, 6) is 1.04. The van der Waals surface area contributed by atoms with Crippen LogP contribution in [0.4, 0.5) is 11.5 Å². The van der Waals surface area contributed by atoms with Crippen molar-refractivity contribution >= 4 is 11.5 Å². The maximum atomic E-state index is 9.38. The fraction of sp³-hybridized carbons (Fsp3) is 0.545. The van der Waals surface area contributed by atoms with Crippen LogP contribution >= 0.6 is 0 Å². The van der Waals surface area contributed by atoms with Gasteiger partial charge >= 0.3 is 6.01 Å². The Balaban J connectivity index is 1.42. The first-order valence-electron chi connectivity index (χ1n) is 11.0. The van der Waals surface area contributed by atoms with Crippen LogP contribution in [0.1, 0.15) is 25.0 Å². The molecule has 1 aromatic heterocycles. The number of ether oxygens (including phenoxy) is 2. The predicted octanol–water partition coefficient (Wildman–Crippen LogP) is 3.17. The number of rotatable bonds is 8. The highest BCUT2D eigenvalue weighted by atomic mass is 16.5. The smallest absolute Gasteiger partial charge is 0.318 e. The quantitative estimate of drug-likeness (QED) is 0.648. The number of likely N-dealkylation sites (tertiary alicyclic amines) is 1. The summed E-state index contributed by atoms with van der Waals surface area (Å²) >= 11 is 0. The third-order valence-corrected chi connectivity index (χ3v) is 5.44. The number of piperidine rings is 1. The number of morpholine rings is 1. The lowest BCUT2D eigenvalue weighted by Gasteiger charge is -2.28. The fourth-order valence-electron chi connectivity index (χ4n) is 3.72. The van der Waals surface area contributed by atoms with E-state index >= 15 is 0 Å². The largest absolute Gasteiger partial charge is 0.508 e. The summed E-state index contributed by atoms with van der Waals surface area (Å²) < 4.78 is 11.4. The van der Waals surface area contributed by atoms with Gasteiger partial charge in [0.05, 0.1) is 24.6 Å². The summed E-state index contributed by atoms with van der Waals surface area (Å²) in [7, 11) is 0. The zero-order valence-electron chi connectivity index (χ0n) is 17.8. The molecule has 0 amide bonds. The average molecular weight is 427 g/mol. The van der Waals surface area contributed by atoms with E-state index in [2.05, 4.69) is 30.0 Å². The molecule has 9 heteroatoms. The zero-order valence-corrected chi connectivity index (χ0v) is 17.8. The maximum Gasteiger partial charge on any atom is 0.318 e. The summed E-state index contributed by atoms with van der Waals surface area (Å²) in [6.07, 6.45) is 3.85. The summed E-state index contributed by atoms with van der Waals surface area (Å²) in [5, 5.41) is 17.9. The molecule has 2 aliphatic rings. The summed E-state index contributed by atoms with van der Waals surface area (Å²) in [5.41, 5.74) is 1.44. The molecule has 0 saturated carbocycles. The molecular weight excluding hydrogens is 396 g/mol. The van der Waals surface area contributed by atoms with E-state index in [1.54, 1.807) is 24.3 Å². The molecule has 2 fully saturated rings. The highest BCUT2D eigenvalue weighted by molar-refractivity contribution is 5.42. The van der Waals surface area contributed by atoms with Gasteiger partial charge in [-0.2, -0.15) is 20.2 Å². The van der Waals surface area contributed by atoms with Gasteiger partial charge in [-0.25, -0.2) is 0 Å². The average Bonchev–Trinajstić information content (AvgIpc) is 2.82. The Bertz CT molecular complexity index is 849. The van der Waals surface area contributed by atoms with E-state index in [9.17, 15) is 5.11 Å². The lowest BCUT2D eigenvalue weighted by Crippen LogP contribution is -2.37. The molecule has 2 saturated heterocycles. The van der Waals surface area contributed by atoms with Crippen molar-refractivity contribution in [3.05, 3.63) is 36.0 Å². The summed E-state index contributed by atoms with van der Waals surface area (Å²) in [4.78, 5) is 13.8. The monoisotopic (exact) mass is 426 g/mol. The number of nitrogens with zero attached hydrogens (tertiary/aromatic N) is 6. The minimum absolute atomic E-state index is 0.205. The second kappa shape index (κ2) is 11.0. The van der Waals surface area contributed by atoms with Crippen molar-refractivity contribution in [1.29, 1.82) is 0 Å². The number of aromatic nitrogens is 2. The number of hydrogen-bond acceptors (Lipinski definition) is 9. The standard InChI is InChI=1S/C22H30N6O3/c29-20-6-4-18(5-7-20)26-23-17-19-16-21(28-11-13-30-14-12-28)25-22(24-19)31-15-10-27-8-2-1-3-9-27/h4-7,16,29H,1-3,8-15,17H2. The molecule has 0 radical (unpaired) electrons. The van der Waals surface area contributed by atoms with Gasteiger partial charge in [0.15, 0.2) is 0 Å². The number of benzene rings is 1. The Morgan fingerprint density at radius 1 is 1.00 bits per heavy atom. The second-order valence-electron chi connectivity index (χ2n) is 7.77. The fourth-order valence-corrected chi connectivity index (χ4v) is 3.72. The Morgan fingerprint density at radius 2 is 1.77 bits per heavy atom. The maximum absolute atomic E-state index is 9.38. The van der Waals surface area contributed by atoms with E-state index in [1.807, 2.05) is 6.07 Å². The predicted molar refractivity (Wildman–Crippen MR) is 117 cm³/mol. The molecule has 31 heavy (non-hydrogen) atoms. The SMILES string of the molecule is Oc1ccc(N=NCc2cc(N3CCOCC3)nc(OCCN3CCCCC3)n2)cc1. The van der Waals surface area contributed by atoms with Gasteiger partial charge in [0.25, 0.3) is 0 Å². The first kappa shape index (κ1) is 21.5. The van der Waals surface area contributed by atoms with Crippen LogP contribution in [0.25, 0.3) is 0 Å². The van der Waals surface area contributed by atoms with Crippen LogP contribution in [0.2, 0.25) is 0 Å². The molecule has 0 aliphatic carbocycles. The highest BCUT2D eigenvalue weighted by Gasteiger charge is 2.16. The van der Waals surface area contributed by atoms with Gasteiger partial charge < -0.3 is 19.5 Å².